The van der Waals surface area contributed by atoms with Gasteiger partial charge in [-0.3, -0.25) is 0 Å². The normalized spacial score (nSPS) is 16.6. The zero-order valence-electron chi connectivity index (χ0n) is 10.5. The van der Waals surface area contributed by atoms with E-state index in [2.05, 4.69) is 6.92 Å². The quantitative estimate of drug-likeness (QED) is 0.874. The Bertz CT molecular complexity index is 384. The molecule has 96 valence electrons. The Hall–Kier alpha value is -0.280. The predicted molar refractivity (Wildman–Crippen MR) is 73.7 cm³/mol. The summed E-state index contributed by atoms with van der Waals surface area (Å²) < 4.78 is 5.76. The van der Waals surface area contributed by atoms with Gasteiger partial charge >= 0.3 is 0 Å². The van der Waals surface area contributed by atoms with Gasteiger partial charge in [0.1, 0.15) is 0 Å². The van der Waals surface area contributed by atoms with Gasteiger partial charge in [-0.1, -0.05) is 36.2 Å². The van der Waals surface area contributed by atoms with Gasteiger partial charge in [-0.05, 0) is 38.0 Å². The molecule has 2 unspecified atom stereocenters. The standard InChI is InChI=1S/C13H19Cl2NO/c1-4-13(3,17-5-2)12(16)9-6-7-10(14)11(15)8-9/h6-8,12H,4-5,16H2,1-3H3. The lowest BCUT2D eigenvalue weighted by Gasteiger charge is -2.34. The SMILES string of the molecule is CCOC(C)(CC)C(N)c1ccc(Cl)c(Cl)c1. The van der Waals surface area contributed by atoms with Gasteiger partial charge < -0.3 is 10.5 Å². The van der Waals surface area contributed by atoms with Gasteiger partial charge in [0.15, 0.2) is 0 Å². The number of benzene rings is 1. The van der Waals surface area contributed by atoms with Crippen molar-refractivity contribution in [2.75, 3.05) is 6.61 Å². The monoisotopic (exact) mass is 275 g/mol. The third kappa shape index (κ3) is 3.35. The van der Waals surface area contributed by atoms with E-state index in [-0.39, 0.29) is 11.6 Å². The van der Waals surface area contributed by atoms with E-state index in [9.17, 15) is 0 Å². The number of hydrogen-bond donors (Lipinski definition) is 1. The fraction of sp³-hybridized carbons (Fsp3) is 0.538. The summed E-state index contributed by atoms with van der Waals surface area (Å²) in [5.41, 5.74) is 6.82. The second kappa shape index (κ2) is 6.05. The summed E-state index contributed by atoms with van der Waals surface area (Å²) in [7, 11) is 0. The second-order valence-corrected chi connectivity index (χ2v) is 5.06. The first-order valence-corrected chi connectivity index (χ1v) is 6.54. The van der Waals surface area contributed by atoms with Crippen LogP contribution in [0.3, 0.4) is 0 Å². The summed E-state index contributed by atoms with van der Waals surface area (Å²) in [5, 5.41) is 1.06. The highest BCUT2D eigenvalue weighted by molar-refractivity contribution is 6.42. The summed E-state index contributed by atoms with van der Waals surface area (Å²) in [4.78, 5) is 0. The van der Waals surface area contributed by atoms with Crippen LogP contribution in [0.1, 0.15) is 38.8 Å². The summed E-state index contributed by atoms with van der Waals surface area (Å²) in [6.45, 7) is 6.69. The molecule has 4 heteroatoms. The van der Waals surface area contributed by atoms with Crippen LogP contribution in [-0.2, 0) is 4.74 Å². The Morgan fingerprint density at radius 3 is 2.41 bits per heavy atom. The molecule has 17 heavy (non-hydrogen) atoms. The maximum absolute atomic E-state index is 6.26. The minimum absolute atomic E-state index is 0.220. The first-order chi connectivity index (χ1) is 7.94. The van der Waals surface area contributed by atoms with Crippen molar-refractivity contribution in [1.29, 1.82) is 0 Å². The third-order valence-corrected chi connectivity index (χ3v) is 3.88. The molecule has 0 spiro atoms. The lowest BCUT2D eigenvalue weighted by molar-refractivity contribution is -0.0472. The van der Waals surface area contributed by atoms with E-state index in [1.807, 2.05) is 26.0 Å². The largest absolute Gasteiger partial charge is 0.374 e. The first-order valence-electron chi connectivity index (χ1n) is 5.79. The molecule has 0 radical (unpaired) electrons. The van der Waals surface area contributed by atoms with Crippen LogP contribution in [0.15, 0.2) is 18.2 Å². The molecule has 1 aromatic carbocycles. The highest BCUT2D eigenvalue weighted by Gasteiger charge is 2.31. The summed E-state index contributed by atoms with van der Waals surface area (Å²) in [6.07, 6.45) is 0.836. The number of hydrogen-bond acceptors (Lipinski definition) is 2. The van der Waals surface area contributed by atoms with E-state index in [0.717, 1.165) is 12.0 Å². The minimum atomic E-state index is -0.383. The Labute approximate surface area is 113 Å². The number of rotatable bonds is 5. The van der Waals surface area contributed by atoms with Crippen LogP contribution in [0.4, 0.5) is 0 Å². The summed E-state index contributed by atoms with van der Waals surface area (Å²) >= 11 is 11.9. The molecule has 2 N–H and O–H groups in total. The molecule has 0 heterocycles. The maximum Gasteiger partial charge on any atom is 0.0843 e. The van der Waals surface area contributed by atoms with Gasteiger partial charge in [0, 0.05) is 6.61 Å². The van der Waals surface area contributed by atoms with Crippen LogP contribution in [0.2, 0.25) is 10.0 Å². The molecule has 1 aromatic rings. The Morgan fingerprint density at radius 1 is 1.29 bits per heavy atom. The molecule has 0 amide bonds. The third-order valence-electron chi connectivity index (χ3n) is 3.14. The van der Waals surface area contributed by atoms with E-state index in [1.54, 1.807) is 6.07 Å². The molecule has 2 nitrogen and oxygen atoms in total. The topological polar surface area (TPSA) is 35.2 Å². The average molecular weight is 276 g/mol. The van der Waals surface area contributed by atoms with Crippen LogP contribution in [-0.4, -0.2) is 12.2 Å². The smallest absolute Gasteiger partial charge is 0.0843 e. The highest BCUT2D eigenvalue weighted by atomic mass is 35.5. The lowest BCUT2D eigenvalue weighted by Crippen LogP contribution is -2.40. The van der Waals surface area contributed by atoms with Crippen LogP contribution >= 0.6 is 23.2 Å². The van der Waals surface area contributed by atoms with Crippen molar-refractivity contribution in [2.45, 2.75) is 38.8 Å². The lowest BCUT2D eigenvalue weighted by atomic mass is 9.88. The van der Waals surface area contributed by atoms with Crippen molar-refractivity contribution >= 4 is 23.2 Å². The molecule has 0 aliphatic heterocycles. The van der Waals surface area contributed by atoms with Gasteiger partial charge in [-0.2, -0.15) is 0 Å². The van der Waals surface area contributed by atoms with Gasteiger partial charge in [0.05, 0.1) is 21.7 Å². The van der Waals surface area contributed by atoms with Crippen LogP contribution < -0.4 is 5.73 Å². The summed E-state index contributed by atoms with van der Waals surface area (Å²) in [6, 6.07) is 5.25. The number of ether oxygens (including phenoxy) is 1. The van der Waals surface area contributed by atoms with Crippen LogP contribution in [0, 0.1) is 0 Å². The Morgan fingerprint density at radius 2 is 1.94 bits per heavy atom. The molecule has 0 aliphatic rings. The van der Waals surface area contributed by atoms with Crippen molar-refractivity contribution in [3.63, 3.8) is 0 Å². The van der Waals surface area contributed by atoms with Crippen LogP contribution in [0.25, 0.3) is 0 Å². The van der Waals surface area contributed by atoms with Crippen molar-refractivity contribution in [3.8, 4) is 0 Å². The second-order valence-electron chi connectivity index (χ2n) is 4.25. The van der Waals surface area contributed by atoms with Gasteiger partial charge in [-0.25, -0.2) is 0 Å². The van der Waals surface area contributed by atoms with Crippen LogP contribution in [0.5, 0.6) is 0 Å². The fourth-order valence-corrected chi connectivity index (χ4v) is 2.11. The van der Waals surface area contributed by atoms with Gasteiger partial charge in [-0.15, -0.1) is 0 Å². The van der Waals surface area contributed by atoms with Crippen molar-refractivity contribution in [3.05, 3.63) is 33.8 Å². The maximum atomic E-state index is 6.26. The molecule has 0 bridgehead atoms. The first kappa shape index (κ1) is 14.8. The van der Waals surface area contributed by atoms with Gasteiger partial charge in [0.2, 0.25) is 0 Å². The van der Waals surface area contributed by atoms with Crippen molar-refractivity contribution < 1.29 is 4.74 Å². The van der Waals surface area contributed by atoms with Gasteiger partial charge in [0.25, 0.3) is 0 Å². The van der Waals surface area contributed by atoms with E-state index >= 15 is 0 Å². The minimum Gasteiger partial charge on any atom is -0.374 e. The molecule has 1 rings (SSSR count). The number of halogens is 2. The Balaban J connectivity index is 3.01. The van der Waals surface area contributed by atoms with E-state index < -0.39 is 0 Å². The molecule has 0 saturated carbocycles. The zero-order valence-corrected chi connectivity index (χ0v) is 12.0. The fourth-order valence-electron chi connectivity index (χ4n) is 1.80. The number of nitrogens with two attached hydrogens (primary N) is 1. The predicted octanol–water partition coefficient (Wildman–Crippen LogP) is 4.20. The molecule has 0 aliphatic carbocycles. The summed E-state index contributed by atoms with van der Waals surface area (Å²) in [5.74, 6) is 0. The molecule has 0 fully saturated rings. The molecule has 2 atom stereocenters. The van der Waals surface area contributed by atoms with E-state index in [0.29, 0.717) is 16.7 Å². The zero-order chi connectivity index (χ0) is 13.1. The molecule has 0 aromatic heterocycles. The Kier molecular flexibility index (Phi) is 5.26. The molecular formula is C13H19Cl2NO. The van der Waals surface area contributed by atoms with E-state index in [4.69, 9.17) is 33.7 Å². The van der Waals surface area contributed by atoms with Crippen molar-refractivity contribution in [1.82, 2.24) is 0 Å². The average Bonchev–Trinajstić information content (AvgIpc) is 2.32. The van der Waals surface area contributed by atoms with E-state index in [1.165, 1.54) is 0 Å². The molecule has 0 saturated heterocycles. The highest BCUT2D eigenvalue weighted by Crippen LogP contribution is 2.33. The molecular weight excluding hydrogens is 257 g/mol. The van der Waals surface area contributed by atoms with Crippen molar-refractivity contribution in [2.24, 2.45) is 5.73 Å².